The van der Waals surface area contributed by atoms with Crippen molar-refractivity contribution < 1.29 is 13.2 Å². The summed E-state index contributed by atoms with van der Waals surface area (Å²) < 4.78 is 27.6. The molecule has 0 aliphatic carbocycles. The van der Waals surface area contributed by atoms with Crippen LogP contribution in [0.2, 0.25) is 0 Å². The van der Waals surface area contributed by atoms with Gasteiger partial charge in [-0.1, -0.05) is 63.2 Å². The number of carbonyl (C=O) groups is 1. The largest absolute Gasteiger partial charge is 0.338 e. The van der Waals surface area contributed by atoms with Crippen molar-refractivity contribution >= 4 is 15.9 Å². The highest BCUT2D eigenvalue weighted by Crippen LogP contribution is 2.27. The van der Waals surface area contributed by atoms with E-state index in [1.165, 1.54) is 4.31 Å². The molecule has 6 heteroatoms. The van der Waals surface area contributed by atoms with Crippen LogP contribution in [-0.4, -0.2) is 43.2 Å². The molecule has 1 saturated heterocycles. The minimum atomic E-state index is -3.52. The van der Waals surface area contributed by atoms with Crippen molar-refractivity contribution in [2.75, 3.05) is 19.6 Å². The molecular formula is C25H34N2O3S. The van der Waals surface area contributed by atoms with E-state index in [1.807, 2.05) is 47.4 Å². The van der Waals surface area contributed by atoms with E-state index < -0.39 is 10.0 Å². The van der Waals surface area contributed by atoms with Crippen molar-refractivity contribution in [3.63, 3.8) is 0 Å². The van der Waals surface area contributed by atoms with E-state index >= 15 is 0 Å². The molecule has 0 radical (unpaired) electrons. The van der Waals surface area contributed by atoms with E-state index in [2.05, 4.69) is 20.8 Å². The first-order valence-corrected chi connectivity index (χ1v) is 12.7. The summed E-state index contributed by atoms with van der Waals surface area (Å²) in [5, 5.41) is 0. The molecule has 1 fully saturated rings. The second-order valence-electron chi connectivity index (χ2n) is 8.65. The molecule has 0 N–H and O–H groups in total. The lowest BCUT2D eigenvalue weighted by Crippen LogP contribution is -2.44. The number of hydrogen-bond donors (Lipinski definition) is 0. The van der Waals surface area contributed by atoms with Gasteiger partial charge in [0.25, 0.3) is 0 Å². The molecular weight excluding hydrogens is 408 g/mol. The smallest absolute Gasteiger partial charge is 0.243 e. The number of benzene rings is 2. The fourth-order valence-electron chi connectivity index (χ4n) is 4.12. The molecule has 3 rings (SSSR count). The molecule has 2 aromatic rings. The zero-order valence-corrected chi connectivity index (χ0v) is 19.6. The van der Waals surface area contributed by atoms with E-state index in [1.54, 1.807) is 12.1 Å². The van der Waals surface area contributed by atoms with Crippen LogP contribution in [0.1, 0.15) is 57.1 Å². The van der Waals surface area contributed by atoms with E-state index in [4.69, 9.17) is 0 Å². The van der Waals surface area contributed by atoms with E-state index in [0.29, 0.717) is 49.8 Å². The molecule has 0 aromatic heterocycles. The van der Waals surface area contributed by atoms with Gasteiger partial charge in [0, 0.05) is 32.1 Å². The second-order valence-corrected chi connectivity index (χ2v) is 10.6. The Kier molecular flexibility index (Phi) is 7.89. The van der Waals surface area contributed by atoms with Gasteiger partial charge in [0.15, 0.2) is 0 Å². The van der Waals surface area contributed by atoms with Crippen molar-refractivity contribution in [2.24, 2.45) is 5.92 Å². The van der Waals surface area contributed by atoms with Crippen LogP contribution >= 0.6 is 0 Å². The third-order valence-electron chi connectivity index (χ3n) is 6.01. The third-order valence-corrected chi connectivity index (χ3v) is 7.92. The first-order chi connectivity index (χ1) is 14.8. The molecule has 2 aromatic carbocycles. The minimum absolute atomic E-state index is 0.120. The maximum absolute atomic E-state index is 13.2. The highest BCUT2D eigenvalue weighted by Gasteiger charge is 2.33. The number of piperidine rings is 1. The Balaban J connectivity index is 1.63. The molecule has 1 aliphatic heterocycles. The monoisotopic (exact) mass is 442 g/mol. The molecule has 1 aliphatic rings. The first-order valence-electron chi connectivity index (χ1n) is 11.3. The summed E-state index contributed by atoms with van der Waals surface area (Å²) in [6.07, 6.45) is 2.03. The molecule has 0 saturated carbocycles. The molecule has 0 spiro atoms. The molecule has 1 heterocycles. The summed E-state index contributed by atoms with van der Waals surface area (Å²) in [6.45, 7) is 8.34. The van der Waals surface area contributed by atoms with Gasteiger partial charge < -0.3 is 4.90 Å². The summed E-state index contributed by atoms with van der Waals surface area (Å²) in [7, 11) is -3.52. The Labute approximate surface area is 187 Å². The van der Waals surface area contributed by atoms with E-state index in [9.17, 15) is 13.2 Å². The Morgan fingerprint density at radius 2 is 1.65 bits per heavy atom. The van der Waals surface area contributed by atoms with Gasteiger partial charge in [-0.2, -0.15) is 4.31 Å². The summed E-state index contributed by atoms with van der Waals surface area (Å²) in [4.78, 5) is 15.4. The predicted molar refractivity (Wildman–Crippen MR) is 124 cm³/mol. The number of rotatable bonds is 8. The normalized spacial score (nSPS) is 15.9. The minimum Gasteiger partial charge on any atom is -0.338 e. The van der Waals surface area contributed by atoms with E-state index in [-0.39, 0.29) is 11.8 Å². The first kappa shape index (κ1) is 23.5. The number of carbonyl (C=O) groups excluding carboxylic acids is 1. The summed E-state index contributed by atoms with van der Waals surface area (Å²) in [5.74, 6) is 0.384. The van der Waals surface area contributed by atoms with Gasteiger partial charge >= 0.3 is 0 Å². The maximum Gasteiger partial charge on any atom is 0.243 e. The van der Waals surface area contributed by atoms with Gasteiger partial charge in [-0.25, -0.2) is 8.42 Å². The van der Waals surface area contributed by atoms with Gasteiger partial charge in [-0.05, 0) is 48.4 Å². The van der Waals surface area contributed by atoms with Crippen LogP contribution in [-0.2, 0) is 21.4 Å². The van der Waals surface area contributed by atoms with Crippen molar-refractivity contribution in [2.45, 2.75) is 57.4 Å². The van der Waals surface area contributed by atoms with Gasteiger partial charge in [0.1, 0.15) is 0 Å². The summed E-state index contributed by atoms with van der Waals surface area (Å²) in [5.41, 5.74) is 2.24. The van der Waals surface area contributed by atoms with Crippen LogP contribution in [0.3, 0.4) is 0 Å². The SMILES string of the molecule is CCCN(Cc1ccccc1)C(=O)C1CCN(S(=O)(=O)c2ccc(C(C)C)cc2)CC1. The maximum atomic E-state index is 13.2. The van der Waals surface area contributed by atoms with Gasteiger partial charge in [-0.15, -0.1) is 0 Å². The predicted octanol–water partition coefficient (Wildman–Crippen LogP) is 4.65. The fourth-order valence-corrected chi connectivity index (χ4v) is 5.59. The van der Waals surface area contributed by atoms with Crippen molar-refractivity contribution in [3.8, 4) is 0 Å². The molecule has 168 valence electrons. The lowest BCUT2D eigenvalue weighted by molar-refractivity contribution is -0.137. The fraction of sp³-hybridized carbons (Fsp3) is 0.480. The Morgan fingerprint density at radius 3 is 2.19 bits per heavy atom. The quantitative estimate of drug-likeness (QED) is 0.598. The molecule has 0 atom stereocenters. The zero-order chi connectivity index (χ0) is 22.4. The van der Waals surface area contributed by atoms with Crippen molar-refractivity contribution in [1.82, 2.24) is 9.21 Å². The zero-order valence-electron chi connectivity index (χ0n) is 18.8. The lowest BCUT2D eigenvalue weighted by atomic mass is 9.96. The van der Waals surface area contributed by atoms with Crippen LogP contribution in [0.4, 0.5) is 0 Å². The van der Waals surface area contributed by atoms with Gasteiger partial charge in [-0.3, -0.25) is 4.79 Å². The number of sulfonamides is 1. The molecule has 5 nitrogen and oxygen atoms in total. The number of hydrogen-bond acceptors (Lipinski definition) is 3. The molecule has 31 heavy (non-hydrogen) atoms. The highest BCUT2D eigenvalue weighted by molar-refractivity contribution is 7.89. The van der Waals surface area contributed by atoms with Gasteiger partial charge in [0.2, 0.25) is 15.9 Å². The summed E-state index contributed by atoms with van der Waals surface area (Å²) >= 11 is 0. The average Bonchev–Trinajstić information content (AvgIpc) is 2.79. The van der Waals surface area contributed by atoms with Crippen molar-refractivity contribution in [1.29, 1.82) is 0 Å². The van der Waals surface area contributed by atoms with Crippen LogP contribution in [0.25, 0.3) is 0 Å². The van der Waals surface area contributed by atoms with Crippen LogP contribution < -0.4 is 0 Å². The molecule has 0 unspecified atom stereocenters. The second kappa shape index (κ2) is 10.4. The molecule has 1 amide bonds. The Bertz CT molecular complexity index is 948. The standard InChI is InChI=1S/C25H34N2O3S/c1-4-16-26(19-21-8-6-5-7-9-21)25(28)23-14-17-27(18-15-23)31(29,30)24-12-10-22(11-13-24)20(2)3/h5-13,20,23H,4,14-19H2,1-3H3. The topological polar surface area (TPSA) is 57.7 Å². The van der Waals surface area contributed by atoms with Crippen LogP contribution in [0, 0.1) is 5.92 Å². The Hall–Kier alpha value is -2.18. The summed E-state index contributed by atoms with van der Waals surface area (Å²) in [6, 6.07) is 17.2. The lowest BCUT2D eigenvalue weighted by Gasteiger charge is -2.33. The van der Waals surface area contributed by atoms with Crippen molar-refractivity contribution in [3.05, 3.63) is 65.7 Å². The molecule has 0 bridgehead atoms. The number of amides is 1. The Morgan fingerprint density at radius 1 is 1.03 bits per heavy atom. The number of nitrogens with zero attached hydrogens (tertiary/aromatic N) is 2. The van der Waals surface area contributed by atoms with E-state index in [0.717, 1.165) is 17.5 Å². The third kappa shape index (κ3) is 5.74. The van der Waals surface area contributed by atoms with Gasteiger partial charge in [0.05, 0.1) is 4.90 Å². The average molecular weight is 443 g/mol. The van der Waals surface area contributed by atoms with Crippen LogP contribution in [0.5, 0.6) is 0 Å². The highest BCUT2D eigenvalue weighted by atomic mass is 32.2. The van der Waals surface area contributed by atoms with Crippen LogP contribution in [0.15, 0.2) is 59.5 Å².